The van der Waals surface area contributed by atoms with E-state index in [9.17, 15) is 4.79 Å². The minimum absolute atomic E-state index is 0.211. The molecule has 0 saturated heterocycles. The van der Waals surface area contributed by atoms with Crippen molar-refractivity contribution >= 4 is 17.9 Å². The Morgan fingerprint density at radius 3 is 2.48 bits per heavy atom. The minimum Gasteiger partial charge on any atom is -0.496 e. The summed E-state index contributed by atoms with van der Waals surface area (Å²) in [4.78, 5) is 16.6. The van der Waals surface area contributed by atoms with Crippen LogP contribution in [0.25, 0.3) is 6.08 Å². The molecule has 0 fully saturated rings. The molecule has 6 heteroatoms. The second-order valence-electron chi connectivity index (χ2n) is 5.61. The van der Waals surface area contributed by atoms with Crippen LogP contribution in [-0.4, -0.2) is 32.2 Å². The Labute approximate surface area is 158 Å². The Bertz CT molecular complexity index is 901. The number of carbonyl (C=O) groups is 1. The molecule has 2 aromatic carbocycles. The van der Waals surface area contributed by atoms with Crippen molar-refractivity contribution in [3.63, 3.8) is 0 Å². The van der Waals surface area contributed by atoms with Gasteiger partial charge in [0.25, 0.3) is 0 Å². The summed E-state index contributed by atoms with van der Waals surface area (Å²) in [5, 5.41) is 0. The lowest BCUT2D eigenvalue weighted by Gasteiger charge is -2.11. The van der Waals surface area contributed by atoms with E-state index in [4.69, 9.17) is 18.9 Å². The number of methoxy groups -OCH3 is 1. The molecule has 0 saturated carbocycles. The Morgan fingerprint density at radius 1 is 1.00 bits per heavy atom. The maximum absolute atomic E-state index is 12.2. The molecule has 0 radical (unpaired) electrons. The fourth-order valence-corrected chi connectivity index (χ4v) is 2.66. The first-order valence-electron chi connectivity index (χ1n) is 8.71. The van der Waals surface area contributed by atoms with Gasteiger partial charge < -0.3 is 18.9 Å². The fraction of sp³-hybridized carbons (Fsp3) is 0.238. The lowest BCUT2D eigenvalue weighted by Crippen LogP contribution is -2.06. The Morgan fingerprint density at radius 2 is 1.74 bits per heavy atom. The van der Waals surface area contributed by atoms with Crippen LogP contribution in [0.15, 0.2) is 53.2 Å². The molecule has 0 unspecified atom stereocenters. The number of rotatable bonds is 7. The molecule has 0 spiro atoms. The molecule has 0 N–H and O–H groups in total. The first-order chi connectivity index (χ1) is 13.2. The Kier molecular flexibility index (Phi) is 5.76. The number of nitrogens with zero attached hydrogens (tertiary/aromatic N) is 1. The van der Waals surface area contributed by atoms with Crippen LogP contribution in [0.3, 0.4) is 0 Å². The first kappa shape index (κ1) is 18.5. The van der Waals surface area contributed by atoms with Gasteiger partial charge in [-0.2, -0.15) is 0 Å². The predicted octanol–water partition coefficient (Wildman–Crippen LogP) is 3.84. The van der Waals surface area contributed by atoms with Crippen molar-refractivity contribution in [1.29, 1.82) is 0 Å². The number of carbonyl (C=O) groups excluding carboxylic acids is 1. The lowest BCUT2D eigenvalue weighted by atomic mass is 10.1. The standard InChI is InChI=1S/C21H21NO5/c1-4-25-18-11-10-14(13-19(18)26-5-2)12-16-21(23)27-20(22-16)15-8-6-7-9-17(15)24-3/h6-13H,4-5H2,1-3H3. The highest BCUT2D eigenvalue weighted by Gasteiger charge is 2.26. The molecule has 1 aliphatic heterocycles. The first-order valence-corrected chi connectivity index (χ1v) is 8.71. The van der Waals surface area contributed by atoms with Gasteiger partial charge in [-0.3, -0.25) is 0 Å². The van der Waals surface area contributed by atoms with Crippen LogP contribution in [0.2, 0.25) is 0 Å². The number of cyclic esters (lactones) is 1. The van der Waals surface area contributed by atoms with Gasteiger partial charge in [0, 0.05) is 0 Å². The van der Waals surface area contributed by atoms with Crippen LogP contribution < -0.4 is 14.2 Å². The van der Waals surface area contributed by atoms with E-state index in [2.05, 4.69) is 4.99 Å². The summed E-state index contributed by atoms with van der Waals surface area (Å²) < 4.78 is 21.8. The topological polar surface area (TPSA) is 66.3 Å². The van der Waals surface area contributed by atoms with Gasteiger partial charge in [0.2, 0.25) is 5.90 Å². The lowest BCUT2D eigenvalue weighted by molar-refractivity contribution is -0.129. The zero-order chi connectivity index (χ0) is 19.2. The molecule has 140 valence electrons. The molecule has 27 heavy (non-hydrogen) atoms. The van der Waals surface area contributed by atoms with Gasteiger partial charge >= 0.3 is 5.97 Å². The van der Waals surface area contributed by atoms with Gasteiger partial charge in [-0.15, -0.1) is 0 Å². The molecule has 0 bridgehead atoms. The predicted molar refractivity (Wildman–Crippen MR) is 102 cm³/mol. The number of hydrogen-bond donors (Lipinski definition) is 0. The van der Waals surface area contributed by atoms with Crippen molar-refractivity contribution in [2.45, 2.75) is 13.8 Å². The molecule has 0 amide bonds. The fourth-order valence-electron chi connectivity index (χ4n) is 2.66. The summed E-state index contributed by atoms with van der Waals surface area (Å²) in [7, 11) is 1.56. The molecule has 2 aromatic rings. The van der Waals surface area contributed by atoms with Crippen LogP contribution in [-0.2, 0) is 9.53 Å². The molecule has 1 heterocycles. The number of aliphatic imine (C=N–C) groups is 1. The quantitative estimate of drug-likeness (QED) is 0.549. The summed E-state index contributed by atoms with van der Waals surface area (Å²) >= 11 is 0. The van der Waals surface area contributed by atoms with Crippen LogP contribution in [0.1, 0.15) is 25.0 Å². The van der Waals surface area contributed by atoms with Crippen molar-refractivity contribution in [3.8, 4) is 17.2 Å². The molecule has 1 aliphatic rings. The summed E-state index contributed by atoms with van der Waals surface area (Å²) in [6.07, 6.45) is 1.66. The molecule has 3 rings (SSSR count). The zero-order valence-electron chi connectivity index (χ0n) is 15.5. The molecule has 0 aromatic heterocycles. The summed E-state index contributed by atoms with van der Waals surface area (Å²) in [5.74, 6) is 1.58. The van der Waals surface area contributed by atoms with Gasteiger partial charge in [-0.1, -0.05) is 18.2 Å². The highest BCUT2D eigenvalue weighted by Crippen LogP contribution is 2.30. The van der Waals surface area contributed by atoms with Crippen molar-refractivity contribution in [1.82, 2.24) is 0 Å². The largest absolute Gasteiger partial charge is 0.496 e. The maximum atomic E-state index is 12.2. The zero-order valence-corrected chi connectivity index (χ0v) is 15.5. The van der Waals surface area contributed by atoms with Crippen molar-refractivity contribution in [2.75, 3.05) is 20.3 Å². The van der Waals surface area contributed by atoms with Crippen LogP contribution in [0.4, 0.5) is 0 Å². The second-order valence-corrected chi connectivity index (χ2v) is 5.61. The van der Waals surface area contributed by atoms with Gasteiger partial charge in [0.15, 0.2) is 17.2 Å². The average Bonchev–Trinajstić information content (AvgIpc) is 3.04. The van der Waals surface area contributed by atoms with E-state index >= 15 is 0 Å². The van der Waals surface area contributed by atoms with Crippen molar-refractivity contribution in [2.24, 2.45) is 4.99 Å². The highest BCUT2D eigenvalue weighted by atomic mass is 16.6. The number of para-hydroxylation sites is 1. The summed E-state index contributed by atoms with van der Waals surface area (Å²) in [5.41, 5.74) is 1.60. The molecule has 0 aliphatic carbocycles. The second kappa shape index (κ2) is 8.40. The van der Waals surface area contributed by atoms with Gasteiger partial charge in [-0.25, -0.2) is 9.79 Å². The van der Waals surface area contributed by atoms with Gasteiger partial charge in [-0.05, 0) is 49.8 Å². The smallest absolute Gasteiger partial charge is 0.363 e. The summed E-state index contributed by atoms with van der Waals surface area (Å²) in [6, 6.07) is 12.7. The third kappa shape index (κ3) is 4.11. The number of hydrogen-bond acceptors (Lipinski definition) is 6. The van der Waals surface area contributed by atoms with Crippen molar-refractivity contribution < 1.29 is 23.7 Å². The normalized spacial score (nSPS) is 14.7. The van der Waals surface area contributed by atoms with E-state index in [1.54, 1.807) is 25.3 Å². The maximum Gasteiger partial charge on any atom is 0.363 e. The Hall–Kier alpha value is -3.28. The van der Waals surface area contributed by atoms with Crippen LogP contribution in [0.5, 0.6) is 17.2 Å². The van der Waals surface area contributed by atoms with Crippen LogP contribution >= 0.6 is 0 Å². The van der Waals surface area contributed by atoms with E-state index in [1.165, 1.54) is 0 Å². The van der Waals surface area contributed by atoms with E-state index in [-0.39, 0.29) is 11.6 Å². The number of ether oxygens (including phenoxy) is 4. The summed E-state index contributed by atoms with van der Waals surface area (Å²) in [6.45, 7) is 4.87. The van der Waals surface area contributed by atoms with Crippen molar-refractivity contribution in [3.05, 3.63) is 59.3 Å². The van der Waals surface area contributed by atoms with Gasteiger partial charge in [0.1, 0.15) is 5.75 Å². The minimum atomic E-state index is -0.511. The third-order valence-electron chi connectivity index (χ3n) is 3.83. The van der Waals surface area contributed by atoms with Gasteiger partial charge in [0.05, 0.1) is 25.9 Å². The molecule has 0 atom stereocenters. The van der Waals surface area contributed by atoms with E-state index < -0.39 is 5.97 Å². The monoisotopic (exact) mass is 367 g/mol. The van der Waals surface area contributed by atoms with Crippen LogP contribution in [0, 0.1) is 0 Å². The number of benzene rings is 2. The third-order valence-corrected chi connectivity index (χ3v) is 3.83. The highest BCUT2D eigenvalue weighted by molar-refractivity contribution is 6.13. The van der Waals surface area contributed by atoms with E-state index in [0.717, 1.165) is 5.56 Å². The van der Waals surface area contributed by atoms with E-state index in [0.29, 0.717) is 36.0 Å². The molecular formula is C21H21NO5. The molecule has 6 nitrogen and oxygen atoms in total. The average molecular weight is 367 g/mol. The van der Waals surface area contributed by atoms with E-state index in [1.807, 2.05) is 44.2 Å². The SMILES string of the molecule is CCOc1ccc(C=C2N=C(c3ccccc3OC)OC2=O)cc1OCC. The molecular weight excluding hydrogens is 346 g/mol. The number of esters is 1. The Balaban J connectivity index is 1.93.